The molecule has 0 spiro atoms. The van der Waals surface area contributed by atoms with Gasteiger partial charge >= 0.3 is 5.97 Å². The van der Waals surface area contributed by atoms with Crippen molar-refractivity contribution in [2.24, 2.45) is 0 Å². The van der Waals surface area contributed by atoms with Gasteiger partial charge in [-0.2, -0.15) is 0 Å². The number of methoxy groups -OCH3 is 1. The lowest BCUT2D eigenvalue weighted by molar-refractivity contribution is -0.119. The lowest BCUT2D eigenvalue weighted by atomic mass is 10.1. The Morgan fingerprint density at radius 2 is 1.65 bits per heavy atom. The predicted molar refractivity (Wildman–Crippen MR) is 115 cm³/mol. The second-order valence-electron chi connectivity index (χ2n) is 6.77. The number of hydrogen-bond donors (Lipinski definition) is 1. The van der Waals surface area contributed by atoms with E-state index in [0.29, 0.717) is 36.1 Å². The molecule has 0 saturated heterocycles. The zero-order valence-corrected chi connectivity index (χ0v) is 16.9. The first-order valence-corrected chi connectivity index (χ1v) is 9.74. The van der Waals surface area contributed by atoms with Crippen LogP contribution in [0.3, 0.4) is 0 Å². The van der Waals surface area contributed by atoms with E-state index in [1.807, 2.05) is 42.5 Å². The van der Waals surface area contributed by atoms with Crippen LogP contribution in [0.4, 0.5) is 5.69 Å². The first-order chi connectivity index (χ1) is 15.1. The van der Waals surface area contributed by atoms with Crippen molar-refractivity contribution < 1.29 is 28.5 Å². The number of esters is 1. The maximum absolute atomic E-state index is 12.4. The molecule has 0 aromatic heterocycles. The van der Waals surface area contributed by atoms with E-state index in [2.05, 4.69) is 5.32 Å². The number of hydrogen-bond acceptors (Lipinski definition) is 6. The van der Waals surface area contributed by atoms with Crippen LogP contribution < -0.4 is 19.5 Å². The minimum absolute atomic E-state index is 0.209. The van der Waals surface area contributed by atoms with Crippen LogP contribution in [0.1, 0.15) is 10.4 Å². The van der Waals surface area contributed by atoms with Crippen LogP contribution in [0.5, 0.6) is 17.2 Å². The van der Waals surface area contributed by atoms with Crippen LogP contribution in [-0.2, 0) is 9.53 Å². The molecule has 0 radical (unpaired) electrons. The molecule has 7 nitrogen and oxygen atoms in total. The third-order valence-electron chi connectivity index (χ3n) is 4.67. The fourth-order valence-corrected chi connectivity index (χ4v) is 3.18. The Balaban J connectivity index is 1.35. The molecule has 0 aliphatic carbocycles. The van der Waals surface area contributed by atoms with Crippen LogP contribution in [0, 0.1) is 0 Å². The molecule has 0 atom stereocenters. The quantitative estimate of drug-likeness (QED) is 0.610. The van der Waals surface area contributed by atoms with Gasteiger partial charge in [-0.05, 0) is 35.4 Å². The molecule has 3 aromatic rings. The minimum Gasteiger partial charge on any atom is -0.493 e. The second-order valence-corrected chi connectivity index (χ2v) is 6.77. The predicted octanol–water partition coefficient (Wildman–Crippen LogP) is 3.93. The fourth-order valence-electron chi connectivity index (χ4n) is 3.18. The number of ether oxygens (including phenoxy) is 4. The highest BCUT2D eigenvalue weighted by Gasteiger charge is 2.22. The number of rotatable bonds is 6. The first-order valence-electron chi connectivity index (χ1n) is 9.74. The average molecular weight is 419 g/mol. The summed E-state index contributed by atoms with van der Waals surface area (Å²) in [4.78, 5) is 24.6. The standard InChI is InChI=1S/C24H21NO6/c1-28-20-13-18(14-21-23(20)30-12-11-29-21)24(27)31-15-22(26)25-19-9-7-17(8-10-19)16-5-3-2-4-6-16/h2-10,13-14H,11-12,15H2,1H3,(H,25,26). The van der Waals surface area contributed by atoms with E-state index >= 15 is 0 Å². The smallest absolute Gasteiger partial charge is 0.338 e. The summed E-state index contributed by atoms with van der Waals surface area (Å²) < 4.78 is 21.4. The highest BCUT2D eigenvalue weighted by molar-refractivity contribution is 5.96. The number of carbonyl (C=O) groups is 2. The van der Waals surface area contributed by atoms with Gasteiger partial charge in [0.2, 0.25) is 5.75 Å². The summed E-state index contributed by atoms with van der Waals surface area (Å²) in [5.74, 6) is 0.116. The van der Waals surface area contributed by atoms with Crippen molar-refractivity contribution in [2.75, 3.05) is 32.2 Å². The van der Waals surface area contributed by atoms with Gasteiger partial charge in [0.05, 0.1) is 12.7 Å². The summed E-state index contributed by atoms with van der Waals surface area (Å²) in [6.45, 7) is 0.357. The van der Waals surface area contributed by atoms with E-state index in [4.69, 9.17) is 18.9 Å². The van der Waals surface area contributed by atoms with Crippen molar-refractivity contribution >= 4 is 17.6 Å². The molecule has 158 valence electrons. The molecule has 7 heteroatoms. The van der Waals surface area contributed by atoms with Crippen molar-refractivity contribution in [1.82, 2.24) is 0 Å². The Bertz CT molecular complexity index is 1060. The van der Waals surface area contributed by atoms with Crippen LogP contribution in [0.2, 0.25) is 0 Å². The number of fused-ring (bicyclic) bond motifs is 1. The van der Waals surface area contributed by atoms with Gasteiger partial charge < -0.3 is 24.3 Å². The van der Waals surface area contributed by atoms with Crippen molar-refractivity contribution in [1.29, 1.82) is 0 Å². The van der Waals surface area contributed by atoms with E-state index in [0.717, 1.165) is 11.1 Å². The molecule has 1 N–H and O–H groups in total. The monoisotopic (exact) mass is 419 g/mol. The minimum atomic E-state index is -0.662. The lowest BCUT2D eigenvalue weighted by Gasteiger charge is -2.21. The topological polar surface area (TPSA) is 83.1 Å². The van der Waals surface area contributed by atoms with Crippen molar-refractivity contribution in [3.8, 4) is 28.4 Å². The SMILES string of the molecule is COc1cc(C(=O)OCC(=O)Nc2ccc(-c3ccccc3)cc2)cc2c1OCCO2. The number of benzene rings is 3. The number of carbonyl (C=O) groups excluding carboxylic acids is 2. The molecule has 3 aromatic carbocycles. The third-order valence-corrected chi connectivity index (χ3v) is 4.67. The zero-order valence-electron chi connectivity index (χ0n) is 16.9. The van der Waals surface area contributed by atoms with Gasteiger partial charge in [0.15, 0.2) is 18.1 Å². The molecule has 1 aliphatic rings. The highest BCUT2D eigenvalue weighted by Crippen LogP contribution is 2.40. The Morgan fingerprint density at radius 3 is 2.39 bits per heavy atom. The summed E-state index contributed by atoms with van der Waals surface area (Å²) in [6, 6.07) is 20.4. The Kier molecular flexibility index (Phi) is 6.03. The van der Waals surface area contributed by atoms with Crippen LogP contribution in [0.15, 0.2) is 66.7 Å². The zero-order chi connectivity index (χ0) is 21.6. The van der Waals surface area contributed by atoms with Crippen molar-refractivity contribution in [3.63, 3.8) is 0 Å². The molecule has 0 fully saturated rings. The van der Waals surface area contributed by atoms with E-state index in [1.54, 1.807) is 12.1 Å². The Labute approximate surface area is 179 Å². The van der Waals surface area contributed by atoms with Gasteiger partial charge in [-0.1, -0.05) is 42.5 Å². The number of amides is 1. The summed E-state index contributed by atoms with van der Waals surface area (Å²) in [6.07, 6.45) is 0. The summed E-state index contributed by atoms with van der Waals surface area (Å²) >= 11 is 0. The van der Waals surface area contributed by atoms with E-state index < -0.39 is 18.5 Å². The van der Waals surface area contributed by atoms with Gasteiger partial charge in [0.1, 0.15) is 13.2 Å². The van der Waals surface area contributed by atoms with E-state index in [9.17, 15) is 9.59 Å². The Morgan fingerprint density at radius 1 is 0.935 bits per heavy atom. The maximum Gasteiger partial charge on any atom is 0.338 e. The molecule has 0 unspecified atom stereocenters. The summed E-state index contributed by atoms with van der Waals surface area (Å²) in [7, 11) is 1.47. The summed E-state index contributed by atoms with van der Waals surface area (Å²) in [5, 5.41) is 2.71. The molecule has 31 heavy (non-hydrogen) atoms. The number of anilines is 1. The van der Waals surface area contributed by atoms with Crippen LogP contribution in [-0.4, -0.2) is 38.8 Å². The molecule has 1 heterocycles. The lowest BCUT2D eigenvalue weighted by Crippen LogP contribution is -2.21. The molecule has 4 rings (SSSR count). The van der Waals surface area contributed by atoms with Gasteiger partial charge in [-0.25, -0.2) is 4.79 Å². The second kappa shape index (κ2) is 9.21. The normalized spacial score (nSPS) is 12.0. The number of nitrogens with one attached hydrogen (secondary N) is 1. The summed E-state index contributed by atoms with van der Waals surface area (Å²) in [5.41, 5.74) is 2.95. The molecule has 0 bridgehead atoms. The van der Waals surface area contributed by atoms with Gasteiger partial charge in [-0.15, -0.1) is 0 Å². The molecular weight excluding hydrogens is 398 g/mol. The van der Waals surface area contributed by atoms with E-state index in [-0.39, 0.29) is 5.56 Å². The van der Waals surface area contributed by atoms with Crippen molar-refractivity contribution in [2.45, 2.75) is 0 Å². The average Bonchev–Trinajstić information content (AvgIpc) is 2.82. The molecule has 1 aliphatic heterocycles. The van der Waals surface area contributed by atoms with Gasteiger partial charge in [0, 0.05) is 5.69 Å². The van der Waals surface area contributed by atoms with Gasteiger partial charge in [0.25, 0.3) is 5.91 Å². The molecule has 1 amide bonds. The van der Waals surface area contributed by atoms with Crippen molar-refractivity contribution in [3.05, 3.63) is 72.3 Å². The van der Waals surface area contributed by atoms with Crippen LogP contribution >= 0.6 is 0 Å². The fraction of sp³-hybridized carbons (Fsp3) is 0.167. The van der Waals surface area contributed by atoms with Crippen LogP contribution in [0.25, 0.3) is 11.1 Å². The largest absolute Gasteiger partial charge is 0.493 e. The Hall–Kier alpha value is -4.00. The maximum atomic E-state index is 12.4. The highest BCUT2D eigenvalue weighted by atomic mass is 16.6. The van der Waals surface area contributed by atoms with Gasteiger partial charge in [-0.3, -0.25) is 4.79 Å². The third kappa shape index (κ3) is 4.78. The molecular formula is C24H21NO6. The molecule has 0 saturated carbocycles. The first kappa shape index (κ1) is 20.3. The van der Waals surface area contributed by atoms with E-state index in [1.165, 1.54) is 19.2 Å².